The van der Waals surface area contributed by atoms with E-state index in [2.05, 4.69) is 15.9 Å². The first-order valence-corrected chi connectivity index (χ1v) is 12.1. The number of aryl methyl sites for hydroxylation is 1. The molecule has 3 rings (SSSR count). The molecule has 0 radical (unpaired) electrons. The second kappa shape index (κ2) is 7.12. The van der Waals surface area contributed by atoms with Gasteiger partial charge in [0, 0.05) is 0 Å². The van der Waals surface area contributed by atoms with Crippen molar-refractivity contribution in [2.45, 2.75) is 16.9 Å². The fourth-order valence-corrected chi connectivity index (χ4v) is 7.67. The molecule has 0 fully saturated rings. The summed E-state index contributed by atoms with van der Waals surface area (Å²) in [4.78, 5) is 0.0342. The van der Waals surface area contributed by atoms with Crippen LogP contribution in [0, 0.1) is 10.6 Å². The van der Waals surface area contributed by atoms with E-state index in [1.165, 1.54) is 24.3 Å². The second-order valence-electron chi connectivity index (χ2n) is 5.41. The van der Waals surface area contributed by atoms with Crippen LogP contribution in [0.4, 0.5) is 13.2 Å². The van der Waals surface area contributed by atoms with Gasteiger partial charge in [-0.25, -0.2) is 0 Å². The summed E-state index contributed by atoms with van der Waals surface area (Å²) >= 11 is 3.07. The van der Waals surface area contributed by atoms with E-state index < -0.39 is 30.1 Å². The van der Waals surface area contributed by atoms with Gasteiger partial charge < -0.3 is 0 Å². The molecule has 3 nitrogen and oxygen atoms in total. The van der Waals surface area contributed by atoms with Gasteiger partial charge in [-0.05, 0) is 0 Å². The summed E-state index contributed by atoms with van der Waals surface area (Å²) in [5, 5.41) is -4.10. The van der Waals surface area contributed by atoms with Crippen LogP contribution in [0.25, 0.3) is 10.9 Å². The SMILES string of the molecule is Cc1ccc(S(=O)(=O)n2c(I)c([Se]C(F)(F)F)c3cc(Br)ccc32)cc1. The van der Waals surface area contributed by atoms with Gasteiger partial charge >= 0.3 is 178 Å². The van der Waals surface area contributed by atoms with Crippen LogP contribution in [0.1, 0.15) is 5.56 Å². The monoisotopic (exact) mass is 623 g/mol. The van der Waals surface area contributed by atoms with E-state index in [4.69, 9.17) is 0 Å². The zero-order chi connectivity index (χ0) is 19.3. The number of hydrogen-bond donors (Lipinski definition) is 0. The van der Waals surface area contributed by atoms with Crippen molar-refractivity contribution in [1.82, 2.24) is 3.97 Å². The van der Waals surface area contributed by atoms with Gasteiger partial charge in [0.05, 0.1) is 0 Å². The molecule has 1 heterocycles. The normalized spacial score (nSPS) is 12.7. The summed E-state index contributed by atoms with van der Waals surface area (Å²) in [6, 6.07) is 10.9. The van der Waals surface area contributed by atoms with Crippen LogP contribution >= 0.6 is 38.5 Å². The molecule has 10 heteroatoms. The molecule has 0 spiro atoms. The quantitative estimate of drug-likeness (QED) is 0.321. The van der Waals surface area contributed by atoms with Crippen LogP contribution in [0.5, 0.6) is 0 Å². The summed E-state index contributed by atoms with van der Waals surface area (Å²) < 4.78 is 67.1. The number of fused-ring (bicyclic) bond motifs is 1. The third-order valence-electron chi connectivity index (χ3n) is 3.56. The summed E-state index contributed by atoms with van der Waals surface area (Å²) in [5.41, 5.74) is 1.13. The number of nitrogens with zero attached hydrogens (tertiary/aromatic N) is 1. The maximum absolute atomic E-state index is 13.1. The fourth-order valence-electron chi connectivity index (χ4n) is 2.44. The van der Waals surface area contributed by atoms with Gasteiger partial charge in [-0.2, -0.15) is 0 Å². The minimum atomic E-state index is -4.39. The van der Waals surface area contributed by atoms with Crippen molar-refractivity contribution in [1.29, 1.82) is 0 Å². The Morgan fingerprint density at radius 1 is 1.12 bits per heavy atom. The van der Waals surface area contributed by atoms with E-state index in [0.29, 0.717) is 4.47 Å². The maximum atomic E-state index is 13.1. The first-order chi connectivity index (χ1) is 12.0. The van der Waals surface area contributed by atoms with Crippen LogP contribution < -0.4 is 4.46 Å². The number of rotatable bonds is 3. The Hall–Kier alpha value is -0.551. The summed E-state index contributed by atoms with van der Waals surface area (Å²) in [5.74, 6) is 0. The molecule has 0 saturated heterocycles. The molecule has 0 unspecified atom stereocenters. The van der Waals surface area contributed by atoms with Gasteiger partial charge in [-0.15, -0.1) is 0 Å². The van der Waals surface area contributed by atoms with Crippen molar-refractivity contribution in [3.8, 4) is 0 Å². The van der Waals surface area contributed by atoms with E-state index in [0.717, 1.165) is 9.54 Å². The Bertz CT molecular complexity index is 1100. The zero-order valence-electron chi connectivity index (χ0n) is 13.0. The van der Waals surface area contributed by atoms with Crippen molar-refractivity contribution in [3.63, 3.8) is 0 Å². The molecule has 2 aromatic carbocycles. The molecule has 0 bridgehead atoms. The summed E-state index contributed by atoms with van der Waals surface area (Å²) in [7, 11) is -4.02. The van der Waals surface area contributed by atoms with E-state index >= 15 is 0 Å². The number of hydrogen-bond acceptors (Lipinski definition) is 2. The van der Waals surface area contributed by atoms with Gasteiger partial charge in [-0.1, -0.05) is 0 Å². The summed E-state index contributed by atoms with van der Waals surface area (Å²) in [6.45, 7) is 1.83. The Labute approximate surface area is 176 Å². The molecule has 26 heavy (non-hydrogen) atoms. The Morgan fingerprint density at radius 3 is 2.31 bits per heavy atom. The van der Waals surface area contributed by atoms with Gasteiger partial charge in [0.2, 0.25) is 0 Å². The molecule has 138 valence electrons. The van der Waals surface area contributed by atoms with Crippen molar-refractivity contribution >= 4 is 78.9 Å². The number of alkyl halides is 3. The molecule has 0 aliphatic rings. The second-order valence-corrected chi connectivity index (χ2v) is 11.4. The van der Waals surface area contributed by atoms with E-state index in [1.54, 1.807) is 40.8 Å². The van der Waals surface area contributed by atoms with Crippen molar-refractivity contribution in [2.75, 3.05) is 0 Å². The first kappa shape index (κ1) is 20.2. The van der Waals surface area contributed by atoms with Crippen LogP contribution in [0.2, 0.25) is 0 Å². The van der Waals surface area contributed by atoms with Gasteiger partial charge in [-0.3, -0.25) is 0 Å². The van der Waals surface area contributed by atoms with Crippen molar-refractivity contribution < 1.29 is 21.6 Å². The molecule has 3 aromatic rings. The van der Waals surface area contributed by atoms with E-state index in [9.17, 15) is 21.6 Å². The van der Waals surface area contributed by atoms with Crippen molar-refractivity contribution in [2.24, 2.45) is 0 Å². The van der Waals surface area contributed by atoms with Crippen LogP contribution in [0.15, 0.2) is 51.8 Å². The third-order valence-corrected chi connectivity index (χ3v) is 9.74. The predicted octanol–water partition coefficient (Wildman–Crippen LogP) is 4.40. The molecule has 0 amide bonds. The van der Waals surface area contributed by atoms with Crippen LogP contribution in [-0.2, 0) is 10.0 Å². The van der Waals surface area contributed by atoms with Crippen molar-refractivity contribution in [3.05, 3.63) is 56.2 Å². The zero-order valence-corrected chi connectivity index (χ0v) is 19.3. The summed E-state index contributed by atoms with van der Waals surface area (Å²) in [6.07, 6.45) is 0. The molecular weight excluding hydrogens is 613 g/mol. The van der Waals surface area contributed by atoms with Gasteiger partial charge in [0.15, 0.2) is 0 Å². The molecule has 0 aliphatic carbocycles. The molecule has 1 aromatic heterocycles. The Kier molecular flexibility index (Phi) is 5.53. The minimum absolute atomic E-state index is 0.0117. The van der Waals surface area contributed by atoms with E-state index in [1.807, 2.05) is 6.92 Å². The Morgan fingerprint density at radius 2 is 1.73 bits per heavy atom. The topological polar surface area (TPSA) is 39.1 Å². The molecular formula is C16H10BrF3INO2SSe. The van der Waals surface area contributed by atoms with E-state index in [-0.39, 0.29) is 24.0 Å². The average molecular weight is 623 g/mol. The standard InChI is InChI=1S/C16H10BrF3INO2SSe/c1-9-2-5-11(6-3-9)25(23,24)22-13-7-4-10(17)8-12(13)14(15(22)21)26-16(18,19)20/h2-8H,1H3. The average Bonchev–Trinajstić information content (AvgIpc) is 2.79. The number of halogens is 5. The number of benzene rings is 2. The number of aromatic nitrogens is 1. The molecule has 0 atom stereocenters. The third kappa shape index (κ3) is 3.84. The van der Waals surface area contributed by atoms with Gasteiger partial charge in [0.25, 0.3) is 0 Å². The fraction of sp³-hybridized carbons (Fsp3) is 0.125. The molecule has 0 aliphatic heterocycles. The van der Waals surface area contributed by atoms with Crippen LogP contribution in [0.3, 0.4) is 0 Å². The Balaban J connectivity index is 2.33. The molecule has 0 N–H and O–H groups in total. The molecule has 0 saturated carbocycles. The first-order valence-electron chi connectivity index (χ1n) is 7.08. The predicted molar refractivity (Wildman–Crippen MR) is 108 cm³/mol. The van der Waals surface area contributed by atoms with Gasteiger partial charge in [0.1, 0.15) is 0 Å². The van der Waals surface area contributed by atoms with Crippen LogP contribution in [-0.4, -0.2) is 32.4 Å².